The summed E-state index contributed by atoms with van der Waals surface area (Å²) in [4.78, 5) is 8.17. The van der Waals surface area contributed by atoms with Gasteiger partial charge in [0.15, 0.2) is 11.6 Å². The summed E-state index contributed by atoms with van der Waals surface area (Å²) in [7, 11) is -4.28. The van der Waals surface area contributed by atoms with E-state index in [0.717, 1.165) is 57.5 Å². The number of aromatic nitrogens is 1. The molecule has 0 spiro atoms. The molecule has 5 rings (SSSR count). The lowest BCUT2D eigenvalue weighted by atomic mass is 9.97. The van der Waals surface area contributed by atoms with E-state index in [-0.39, 0.29) is 15.8 Å². The molecule has 6 nitrogen and oxygen atoms in total. The van der Waals surface area contributed by atoms with Crippen molar-refractivity contribution in [1.29, 1.82) is 0 Å². The van der Waals surface area contributed by atoms with Crippen LogP contribution in [0.2, 0.25) is 0 Å². The molecule has 2 aromatic carbocycles. The van der Waals surface area contributed by atoms with E-state index >= 15 is 0 Å². The Morgan fingerprint density at radius 2 is 1.78 bits per heavy atom. The van der Waals surface area contributed by atoms with Gasteiger partial charge in [-0.2, -0.15) is 0 Å². The predicted molar refractivity (Wildman–Crippen MR) is 130 cm³/mol. The quantitative estimate of drug-likeness (QED) is 0.445. The highest BCUT2D eigenvalue weighted by Gasteiger charge is 2.32. The van der Waals surface area contributed by atoms with Crippen molar-refractivity contribution >= 4 is 26.4 Å². The molecule has 0 N–H and O–H groups in total. The van der Waals surface area contributed by atoms with E-state index in [1.807, 2.05) is 0 Å². The maximum absolute atomic E-state index is 14.4. The lowest BCUT2D eigenvalue weighted by Crippen LogP contribution is -2.44. The van der Waals surface area contributed by atoms with Gasteiger partial charge >= 0.3 is 0 Å². The van der Waals surface area contributed by atoms with Crippen molar-refractivity contribution in [3.8, 4) is 0 Å². The lowest BCUT2D eigenvalue weighted by Gasteiger charge is -2.40. The Labute approximate surface area is 208 Å². The molecule has 2 saturated heterocycles. The van der Waals surface area contributed by atoms with E-state index in [2.05, 4.69) is 14.8 Å². The van der Waals surface area contributed by atoms with E-state index < -0.39 is 27.3 Å². The molecule has 0 saturated carbocycles. The number of hydrogen-bond donors (Lipinski definition) is 0. The summed E-state index contributed by atoms with van der Waals surface area (Å²) in [5.74, 6) is -2.89. The van der Waals surface area contributed by atoms with Crippen LogP contribution >= 0.6 is 0 Å². The van der Waals surface area contributed by atoms with Crippen LogP contribution in [0.1, 0.15) is 25.7 Å². The molecule has 0 aliphatic carbocycles. The predicted octanol–water partition coefficient (Wildman–Crippen LogP) is 4.57. The van der Waals surface area contributed by atoms with Crippen LogP contribution in [0.15, 0.2) is 52.4 Å². The van der Waals surface area contributed by atoms with Crippen molar-refractivity contribution in [3.05, 3.63) is 60.0 Å². The van der Waals surface area contributed by atoms with Crippen LogP contribution in [0.3, 0.4) is 0 Å². The molecule has 0 radical (unpaired) electrons. The number of nitrogens with zero attached hydrogens (tertiary/aromatic N) is 3. The second kappa shape index (κ2) is 10.4. The van der Waals surface area contributed by atoms with E-state index in [1.165, 1.54) is 24.4 Å². The van der Waals surface area contributed by atoms with Gasteiger partial charge in [-0.05, 0) is 62.1 Å². The van der Waals surface area contributed by atoms with Crippen LogP contribution in [0.4, 0.5) is 18.9 Å². The zero-order valence-electron chi connectivity index (χ0n) is 19.8. The molecular formula is C26H28F3N3O3S. The summed E-state index contributed by atoms with van der Waals surface area (Å²) in [6.07, 6.45) is 4.79. The molecule has 192 valence electrons. The summed E-state index contributed by atoms with van der Waals surface area (Å²) in [5.41, 5.74) is 0.837. The molecule has 2 aliphatic rings. The fraction of sp³-hybridized carbons (Fsp3) is 0.423. The lowest BCUT2D eigenvalue weighted by molar-refractivity contribution is 0.0362. The van der Waals surface area contributed by atoms with E-state index in [1.54, 1.807) is 0 Å². The zero-order valence-corrected chi connectivity index (χ0v) is 20.6. The van der Waals surface area contributed by atoms with Gasteiger partial charge in [0.1, 0.15) is 10.7 Å². The SMILES string of the molecule is O=S(=O)(c1ccc(F)c(F)c1)c1cnc2ccc(F)cc2c1N1CCCCC1CCN1CCOCC1. The Balaban J connectivity index is 1.61. The Morgan fingerprint density at radius 1 is 0.972 bits per heavy atom. The first kappa shape index (κ1) is 25.0. The smallest absolute Gasteiger partial charge is 0.210 e. The molecule has 1 unspecified atom stereocenters. The number of ether oxygens (including phenoxy) is 1. The molecule has 3 heterocycles. The number of piperidine rings is 1. The standard InChI is InChI=1S/C26H28F3N3O3S/c27-18-4-7-24-21(15-18)26(25(17-30-24)36(33,34)20-5-6-22(28)23(29)16-20)32-9-2-1-3-19(32)8-10-31-11-13-35-14-12-31/h4-7,15-17,19H,1-3,8-14H2. The van der Waals surface area contributed by atoms with Gasteiger partial charge in [0.25, 0.3) is 0 Å². The van der Waals surface area contributed by atoms with Crippen molar-refractivity contribution in [2.45, 2.75) is 41.5 Å². The highest BCUT2D eigenvalue weighted by Crippen LogP contribution is 2.39. The van der Waals surface area contributed by atoms with E-state index in [9.17, 15) is 21.6 Å². The number of morpholine rings is 1. The fourth-order valence-electron chi connectivity index (χ4n) is 5.15. The monoisotopic (exact) mass is 519 g/mol. The minimum absolute atomic E-state index is 0.0365. The largest absolute Gasteiger partial charge is 0.379 e. The van der Waals surface area contributed by atoms with Crippen LogP contribution in [0.5, 0.6) is 0 Å². The first-order valence-corrected chi connectivity index (χ1v) is 13.7. The topological polar surface area (TPSA) is 62.7 Å². The van der Waals surface area contributed by atoms with Crippen LogP contribution < -0.4 is 4.90 Å². The van der Waals surface area contributed by atoms with Gasteiger partial charge in [-0.15, -0.1) is 0 Å². The first-order chi connectivity index (χ1) is 17.3. The fourth-order valence-corrected chi connectivity index (χ4v) is 6.58. The summed E-state index contributed by atoms with van der Waals surface area (Å²) >= 11 is 0. The average molecular weight is 520 g/mol. The van der Waals surface area contributed by atoms with Crippen LogP contribution in [-0.4, -0.2) is 63.7 Å². The first-order valence-electron chi connectivity index (χ1n) is 12.2. The Kier molecular flexibility index (Phi) is 7.18. The number of sulfone groups is 1. The van der Waals surface area contributed by atoms with Crippen molar-refractivity contribution in [2.24, 2.45) is 0 Å². The molecule has 3 aromatic rings. The Bertz CT molecular complexity index is 1360. The number of pyridine rings is 1. The zero-order chi connectivity index (χ0) is 25.3. The van der Waals surface area contributed by atoms with Crippen molar-refractivity contribution in [3.63, 3.8) is 0 Å². The number of hydrogen-bond acceptors (Lipinski definition) is 6. The average Bonchev–Trinajstić information content (AvgIpc) is 2.89. The van der Waals surface area contributed by atoms with Crippen molar-refractivity contribution < 1.29 is 26.3 Å². The minimum atomic E-state index is -4.28. The van der Waals surface area contributed by atoms with E-state index in [0.29, 0.717) is 42.4 Å². The normalized spacial score (nSPS) is 19.6. The van der Waals surface area contributed by atoms with E-state index in [4.69, 9.17) is 4.74 Å². The summed E-state index contributed by atoms with van der Waals surface area (Å²) < 4.78 is 74.9. The van der Waals surface area contributed by atoms with Crippen LogP contribution in [0.25, 0.3) is 10.9 Å². The summed E-state index contributed by atoms with van der Waals surface area (Å²) in [6, 6.07) is 6.66. The second-order valence-electron chi connectivity index (χ2n) is 9.30. The third-order valence-electron chi connectivity index (χ3n) is 7.06. The van der Waals surface area contributed by atoms with Crippen LogP contribution in [-0.2, 0) is 14.6 Å². The Hall–Kier alpha value is -2.69. The highest BCUT2D eigenvalue weighted by atomic mass is 32.2. The molecule has 1 aromatic heterocycles. The molecular weight excluding hydrogens is 491 g/mol. The van der Waals surface area contributed by atoms with Gasteiger partial charge in [0, 0.05) is 43.8 Å². The molecule has 2 fully saturated rings. The number of anilines is 1. The number of halogens is 3. The maximum Gasteiger partial charge on any atom is 0.210 e. The molecule has 0 bridgehead atoms. The van der Waals surface area contributed by atoms with Crippen molar-refractivity contribution in [1.82, 2.24) is 9.88 Å². The van der Waals surface area contributed by atoms with Gasteiger partial charge in [0.2, 0.25) is 9.84 Å². The van der Waals surface area contributed by atoms with Crippen molar-refractivity contribution in [2.75, 3.05) is 44.3 Å². The number of fused-ring (bicyclic) bond motifs is 1. The van der Waals surface area contributed by atoms with Gasteiger partial charge in [-0.1, -0.05) is 0 Å². The second-order valence-corrected chi connectivity index (χ2v) is 11.2. The third kappa shape index (κ3) is 4.94. The molecule has 2 aliphatic heterocycles. The van der Waals surface area contributed by atoms with Gasteiger partial charge < -0.3 is 9.64 Å². The molecule has 1 atom stereocenters. The number of rotatable bonds is 6. The van der Waals surface area contributed by atoms with Gasteiger partial charge in [-0.3, -0.25) is 9.88 Å². The van der Waals surface area contributed by atoms with Gasteiger partial charge in [-0.25, -0.2) is 21.6 Å². The van der Waals surface area contributed by atoms with Crippen LogP contribution in [0, 0.1) is 17.5 Å². The third-order valence-corrected chi connectivity index (χ3v) is 8.81. The summed E-state index contributed by atoms with van der Waals surface area (Å²) in [6.45, 7) is 4.53. The molecule has 10 heteroatoms. The van der Waals surface area contributed by atoms with Gasteiger partial charge in [0.05, 0.1) is 29.3 Å². The molecule has 0 amide bonds. The molecule has 36 heavy (non-hydrogen) atoms. The summed E-state index contributed by atoms with van der Waals surface area (Å²) in [5, 5.41) is 0.386. The maximum atomic E-state index is 14.4. The highest BCUT2D eigenvalue weighted by molar-refractivity contribution is 7.91. The minimum Gasteiger partial charge on any atom is -0.379 e. The Morgan fingerprint density at radius 3 is 2.56 bits per heavy atom. The number of benzene rings is 2.